The summed E-state index contributed by atoms with van der Waals surface area (Å²) >= 11 is 9.32. The molecule has 1 heterocycles. The quantitative estimate of drug-likeness (QED) is 0.857. The van der Waals surface area contributed by atoms with Crippen LogP contribution >= 0.6 is 27.5 Å². The van der Waals surface area contributed by atoms with Gasteiger partial charge in [0.05, 0.1) is 0 Å². The van der Waals surface area contributed by atoms with Crippen molar-refractivity contribution < 1.29 is 4.39 Å². The number of nitrogens with zero attached hydrogens (tertiary/aromatic N) is 1. The van der Waals surface area contributed by atoms with Crippen LogP contribution in [0.15, 0.2) is 40.9 Å². The molecule has 2 aromatic rings. The van der Waals surface area contributed by atoms with E-state index in [2.05, 4.69) is 26.2 Å². The molecule has 0 aliphatic carbocycles. The van der Waals surface area contributed by atoms with E-state index >= 15 is 0 Å². The summed E-state index contributed by atoms with van der Waals surface area (Å²) in [4.78, 5) is 3.71. The summed E-state index contributed by atoms with van der Waals surface area (Å²) in [5.41, 5.74) is 0.989. The van der Waals surface area contributed by atoms with Crippen LogP contribution in [0.2, 0.25) is 5.02 Å². The number of hydrogen-bond acceptors (Lipinski definition) is 2. The molecule has 0 fully saturated rings. The summed E-state index contributed by atoms with van der Waals surface area (Å²) in [6.07, 6.45) is 0. The second-order valence-electron chi connectivity index (χ2n) is 3.43. The molecule has 0 bridgehead atoms. The molecule has 88 valence electrons. The summed E-state index contributed by atoms with van der Waals surface area (Å²) in [6.45, 7) is 0.525. The van der Waals surface area contributed by atoms with E-state index in [9.17, 15) is 4.39 Å². The number of nitrogens with one attached hydrogen (secondary N) is 1. The summed E-state index contributed by atoms with van der Waals surface area (Å²) in [5, 5.41) is 3.69. The van der Waals surface area contributed by atoms with Gasteiger partial charge in [0.25, 0.3) is 0 Å². The number of anilines is 1. The van der Waals surface area contributed by atoms with Crippen molar-refractivity contribution in [2.24, 2.45) is 0 Å². The Morgan fingerprint density at radius 3 is 2.88 bits per heavy atom. The van der Waals surface area contributed by atoms with Crippen LogP contribution in [-0.2, 0) is 6.54 Å². The fraction of sp³-hybridized carbons (Fsp3) is 0.0833. The highest BCUT2D eigenvalue weighted by atomic mass is 79.9. The number of hydrogen-bond donors (Lipinski definition) is 1. The number of rotatable bonds is 3. The van der Waals surface area contributed by atoms with Gasteiger partial charge in [-0.2, -0.15) is 4.39 Å². The van der Waals surface area contributed by atoms with Gasteiger partial charge in [-0.3, -0.25) is 0 Å². The van der Waals surface area contributed by atoms with E-state index in [1.54, 1.807) is 18.2 Å². The van der Waals surface area contributed by atoms with Crippen molar-refractivity contribution in [3.05, 3.63) is 57.4 Å². The summed E-state index contributed by atoms with van der Waals surface area (Å²) in [6, 6.07) is 10.1. The highest BCUT2D eigenvalue weighted by Gasteiger charge is 2.02. The lowest BCUT2D eigenvalue weighted by Crippen LogP contribution is -2.02. The Morgan fingerprint density at radius 1 is 1.29 bits per heavy atom. The maximum absolute atomic E-state index is 12.9. The minimum Gasteiger partial charge on any atom is -0.366 e. The summed E-state index contributed by atoms with van der Waals surface area (Å²) < 4.78 is 13.8. The first-order valence-electron chi connectivity index (χ1n) is 4.95. The molecule has 17 heavy (non-hydrogen) atoms. The molecule has 0 saturated carbocycles. The predicted molar refractivity (Wildman–Crippen MR) is 70.7 cm³/mol. The molecule has 1 aromatic carbocycles. The van der Waals surface area contributed by atoms with Crippen LogP contribution < -0.4 is 5.32 Å². The smallest absolute Gasteiger partial charge is 0.214 e. The van der Waals surface area contributed by atoms with Gasteiger partial charge < -0.3 is 5.32 Å². The van der Waals surface area contributed by atoms with Crippen LogP contribution in [0.5, 0.6) is 0 Å². The zero-order chi connectivity index (χ0) is 12.3. The molecule has 0 spiro atoms. The van der Waals surface area contributed by atoms with Crippen LogP contribution in [-0.4, -0.2) is 4.98 Å². The van der Waals surface area contributed by atoms with Gasteiger partial charge in [0.15, 0.2) is 0 Å². The first-order valence-corrected chi connectivity index (χ1v) is 6.12. The van der Waals surface area contributed by atoms with Gasteiger partial charge in [-0.05, 0) is 35.9 Å². The van der Waals surface area contributed by atoms with Crippen molar-refractivity contribution in [2.45, 2.75) is 6.54 Å². The highest BCUT2D eigenvalue weighted by molar-refractivity contribution is 9.10. The normalized spacial score (nSPS) is 10.3. The largest absolute Gasteiger partial charge is 0.366 e. The van der Waals surface area contributed by atoms with E-state index in [0.717, 1.165) is 10.0 Å². The molecule has 0 radical (unpaired) electrons. The van der Waals surface area contributed by atoms with Gasteiger partial charge >= 0.3 is 0 Å². The van der Waals surface area contributed by atoms with E-state index in [4.69, 9.17) is 11.6 Å². The minimum absolute atomic E-state index is 0.497. The molecule has 0 unspecified atom stereocenters. The lowest BCUT2D eigenvalue weighted by atomic mass is 10.2. The molecule has 0 amide bonds. The summed E-state index contributed by atoms with van der Waals surface area (Å²) in [7, 11) is 0. The monoisotopic (exact) mass is 314 g/mol. The third kappa shape index (κ3) is 3.41. The SMILES string of the molecule is Fc1cccc(NCc2cc(Cl)ccc2Br)n1. The Hall–Kier alpha value is -1.13. The molecule has 2 rings (SSSR count). The highest BCUT2D eigenvalue weighted by Crippen LogP contribution is 2.21. The molecule has 0 aliphatic heterocycles. The number of halogens is 3. The molecule has 0 saturated heterocycles. The number of benzene rings is 1. The second-order valence-corrected chi connectivity index (χ2v) is 4.73. The van der Waals surface area contributed by atoms with Crippen molar-refractivity contribution in [1.29, 1.82) is 0 Å². The van der Waals surface area contributed by atoms with Crippen LogP contribution in [0, 0.1) is 5.95 Å². The fourth-order valence-electron chi connectivity index (χ4n) is 1.37. The van der Waals surface area contributed by atoms with Gasteiger partial charge in [0.1, 0.15) is 5.82 Å². The molecule has 1 aromatic heterocycles. The van der Waals surface area contributed by atoms with Crippen molar-refractivity contribution >= 4 is 33.3 Å². The Bertz CT molecular complexity index is 534. The minimum atomic E-state index is -0.500. The summed E-state index contributed by atoms with van der Waals surface area (Å²) in [5.74, 6) is -0.00275. The van der Waals surface area contributed by atoms with E-state index in [1.807, 2.05) is 12.1 Å². The first kappa shape index (κ1) is 12.3. The number of aromatic nitrogens is 1. The van der Waals surface area contributed by atoms with Crippen molar-refractivity contribution in [1.82, 2.24) is 4.98 Å². The predicted octanol–water partition coefficient (Wildman–Crippen LogP) is 4.25. The third-order valence-electron chi connectivity index (χ3n) is 2.18. The Kier molecular flexibility index (Phi) is 3.97. The van der Waals surface area contributed by atoms with Gasteiger partial charge in [0, 0.05) is 16.0 Å². The van der Waals surface area contributed by atoms with Gasteiger partial charge in [-0.25, -0.2) is 4.98 Å². The van der Waals surface area contributed by atoms with Crippen LogP contribution in [0.4, 0.5) is 10.2 Å². The number of pyridine rings is 1. The first-order chi connectivity index (χ1) is 8.15. The fourth-order valence-corrected chi connectivity index (χ4v) is 1.95. The van der Waals surface area contributed by atoms with Crippen LogP contribution in [0.25, 0.3) is 0 Å². The average Bonchev–Trinajstić information content (AvgIpc) is 2.30. The molecule has 1 N–H and O–H groups in total. The van der Waals surface area contributed by atoms with E-state index in [1.165, 1.54) is 6.07 Å². The topological polar surface area (TPSA) is 24.9 Å². The van der Waals surface area contributed by atoms with Crippen LogP contribution in [0.1, 0.15) is 5.56 Å². The molecule has 5 heteroatoms. The lowest BCUT2D eigenvalue weighted by molar-refractivity contribution is 0.585. The van der Waals surface area contributed by atoms with E-state index < -0.39 is 5.95 Å². The molecule has 2 nitrogen and oxygen atoms in total. The molecular formula is C12H9BrClFN2. The Balaban J connectivity index is 2.09. The van der Waals surface area contributed by atoms with Gasteiger partial charge in [-0.15, -0.1) is 0 Å². The Labute approximate surface area is 112 Å². The van der Waals surface area contributed by atoms with E-state index in [0.29, 0.717) is 17.4 Å². The van der Waals surface area contributed by atoms with Crippen molar-refractivity contribution in [2.75, 3.05) is 5.32 Å². The lowest BCUT2D eigenvalue weighted by Gasteiger charge is -2.07. The van der Waals surface area contributed by atoms with Gasteiger partial charge in [-0.1, -0.05) is 33.6 Å². The van der Waals surface area contributed by atoms with Crippen molar-refractivity contribution in [3.8, 4) is 0 Å². The zero-order valence-corrected chi connectivity index (χ0v) is 11.1. The molecular weight excluding hydrogens is 307 g/mol. The maximum atomic E-state index is 12.9. The second kappa shape index (κ2) is 5.47. The third-order valence-corrected chi connectivity index (χ3v) is 3.19. The average molecular weight is 316 g/mol. The standard InChI is InChI=1S/C12H9BrClFN2/c13-10-5-4-9(14)6-8(10)7-16-12-3-1-2-11(15)17-12/h1-6H,7H2,(H,16,17). The van der Waals surface area contributed by atoms with Crippen molar-refractivity contribution in [3.63, 3.8) is 0 Å². The van der Waals surface area contributed by atoms with Gasteiger partial charge in [0.2, 0.25) is 5.95 Å². The maximum Gasteiger partial charge on any atom is 0.214 e. The molecule has 0 aliphatic rings. The zero-order valence-electron chi connectivity index (χ0n) is 8.75. The van der Waals surface area contributed by atoms with Crippen LogP contribution in [0.3, 0.4) is 0 Å². The Morgan fingerprint density at radius 2 is 2.12 bits per heavy atom. The molecule has 0 atom stereocenters. The van der Waals surface area contributed by atoms with E-state index in [-0.39, 0.29) is 0 Å².